The Balaban J connectivity index is 2.37. The predicted molar refractivity (Wildman–Crippen MR) is 66.8 cm³/mol. The van der Waals surface area contributed by atoms with Gasteiger partial charge < -0.3 is 0 Å². The average Bonchev–Trinajstić information content (AvgIpc) is 2.77. The van der Waals surface area contributed by atoms with Crippen molar-refractivity contribution < 1.29 is 4.92 Å². The molecule has 0 fully saturated rings. The van der Waals surface area contributed by atoms with Gasteiger partial charge in [0.15, 0.2) is 5.82 Å². The minimum atomic E-state index is -0.452. The van der Waals surface area contributed by atoms with Gasteiger partial charge in [0.2, 0.25) is 0 Å². The van der Waals surface area contributed by atoms with Crippen molar-refractivity contribution in [1.29, 1.82) is 0 Å². The van der Waals surface area contributed by atoms with Gasteiger partial charge in [-0.15, -0.1) is 0 Å². The van der Waals surface area contributed by atoms with Crippen molar-refractivity contribution in [3.8, 4) is 0 Å². The van der Waals surface area contributed by atoms with Gasteiger partial charge in [0.1, 0.15) is 6.20 Å². The third-order valence-electron chi connectivity index (χ3n) is 2.27. The molecule has 7 heteroatoms. The first kappa shape index (κ1) is 11.6. The molecule has 2 rings (SSSR count). The van der Waals surface area contributed by atoms with Gasteiger partial charge in [0, 0.05) is 18.0 Å². The number of hydrogen-bond donors (Lipinski definition) is 1. The van der Waals surface area contributed by atoms with Gasteiger partial charge in [0.25, 0.3) is 5.69 Å². The molecule has 0 aliphatic carbocycles. The minimum absolute atomic E-state index is 0.00469. The molecule has 2 heterocycles. The molecule has 0 spiro atoms. The first-order chi connectivity index (χ1) is 8.09. The van der Waals surface area contributed by atoms with Crippen LogP contribution in [-0.4, -0.2) is 14.6 Å². The highest BCUT2D eigenvalue weighted by atomic mass is 79.9. The summed E-state index contributed by atoms with van der Waals surface area (Å²) >= 11 is 3.30. The summed E-state index contributed by atoms with van der Waals surface area (Å²) in [6.45, 7) is 1.67. The molecule has 0 unspecified atom stereocenters. The zero-order valence-electron chi connectivity index (χ0n) is 8.92. The van der Waals surface area contributed by atoms with Crippen LogP contribution in [0.4, 0.5) is 11.5 Å². The van der Waals surface area contributed by atoms with Crippen LogP contribution in [0.5, 0.6) is 0 Å². The maximum atomic E-state index is 10.7. The smallest absolute Gasteiger partial charge is 0.277 e. The molecule has 2 aromatic rings. The highest BCUT2D eigenvalue weighted by molar-refractivity contribution is 9.10. The zero-order valence-corrected chi connectivity index (χ0v) is 10.5. The zero-order chi connectivity index (χ0) is 12.4. The van der Waals surface area contributed by atoms with Gasteiger partial charge in [-0.1, -0.05) is 0 Å². The summed E-state index contributed by atoms with van der Waals surface area (Å²) in [5, 5.41) is 10.7. The monoisotopic (exact) mass is 296 g/mol. The highest BCUT2D eigenvalue weighted by Gasteiger charge is 2.16. The van der Waals surface area contributed by atoms with Gasteiger partial charge in [-0.2, -0.15) is 0 Å². The number of hydrogen-bond acceptors (Lipinski definition) is 4. The van der Waals surface area contributed by atoms with Crippen LogP contribution in [0.3, 0.4) is 0 Å². The summed E-state index contributed by atoms with van der Waals surface area (Å²) in [4.78, 5) is 14.3. The number of pyridine rings is 1. The lowest BCUT2D eigenvalue weighted by molar-refractivity contribution is -0.385. The Labute approximate surface area is 106 Å². The van der Waals surface area contributed by atoms with Gasteiger partial charge in [0.05, 0.1) is 9.40 Å². The van der Waals surface area contributed by atoms with E-state index in [1.54, 1.807) is 11.6 Å². The van der Waals surface area contributed by atoms with E-state index < -0.39 is 4.92 Å². The Morgan fingerprint density at radius 2 is 2.12 bits per heavy atom. The first-order valence-electron chi connectivity index (χ1n) is 4.79. The molecule has 1 N–H and O–H groups in total. The Hall–Kier alpha value is -1.89. The van der Waals surface area contributed by atoms with E-state index in [0.717, 1.165) is 0 Å². The van der Waals surface area contributed by atoms with Crippen LogP contribution in [0.15, 0.2) is 35.2 Å². The highest BCUT2D eigenvalue weighted by Crippen LogP contribution is 2.30. The van der Waals surface area contributed by atoms with Crippen molar-refractivity contribution in [2.75, 3.05) is 5.43 Å². The van der Waals surface area contributed by atoms with Crippen molar-refractivity contribution in [1.82, 2.24) is 9.66 Å². The molecule has 2 aromatic heterocycles. The topological polar surface area (TPSA) is 73.0 Å². The van der Waals surface area contributed by atoms with Crippen LogP contribution < -0.4 is 5.43 Å². The van der Waals surface area contributed by atoms with Crippen LogP contribution in [0.25, 0.3) is 0 Å². The van der Waals surface area contributed by atoms with E-state index in [4.69, 9.17) is 0 Å². The minimum Gasteiger partial charge on any atom is -0.277 e. The van der Waals surface area contributed by atoms with E-state index in [1.807, 2.05) is 24.5 Å². The quantitative estimate of drug-likeness (QED) is 0.698. The molecular weight excluding hydrogens is 288 g/mol. The molecule has 0 amide bonds. The lowest BCUT2D eigenvalue weighted by Crippen LogP contribution is -2.09. The molecule has 88 valence electrons. The summed E-state index contributed by atoms with van der Waals surface area (Å²) in [5.74, 6) is 0.532. The number of anilines is 1. The summed E-state index contributed by atoms with van der Waals surface area (Å²) in [6, 6.07) is 3.72. The van der Waals surface area contributed by atoms with E-state index in [9.17, 15) is 10.1 Å². The van der Waals surface area contributed by atoms with E-state index >= 15 is 0 Å². The number of nitrogens with one attached hydrogen (secondary N) is 1. The fraction of sp³-hybridized carbons (Fsp3) is 0.100. The SMILES string of the molecule is Cc1c([N+](=O)[O-])cnc(Nn2cccc2)c1Br. The molecule has 6 nitrogen and oxygen atoms in total. The number of halogens is 1. The molecule has 0 aromatic carbocycles. The third-order valence-corrected chi connectivity index (χ3v) is 3.24. The number of nitro groups is 1. The number of aromatic nitrogens is 2. The van der Waals surface area contributed by atoms with Crippen molar-refractivity contribution in [3.63, 3.8) is 0 Å². The lowest BCUT2D eigenvalue weighted by atomic mass is 10.2. The molecule has 0 saturated carbocycles. The average molecular weight is 297 g/mol. The summed E-state index contributed by atoms with van der Waals surface area (Å²) < 4.78 is 2.29. The summed E-state index contributed by atoms with van der Waals surface area (Å²) in [6.07, 6.45) is 4.86. The fourth-order valence-electron chi connectivity index (χ4n) is 1.36. The Morgan fingerprint density at radius 3 is 2.71 bits per heavy atom. The first-order valence-corrected chi connectivity index (χ1v) is 5.58. The van der Waals surface area contributed by atoms with E-state index in [1.165, 1.54) is 6.20 Å². The second-order valence-electron chi connectivity index (χ2n) is 3.39. The maximum absolute atomic E-state index is 10.7. The lowest BCUT2D eigenvalue weighted by Gasteiger charge is -2.09. The summed E-state index contributed by atoms with van der Waals surface area (Å²) in [7, 11) is 0. The second-order valence-corrected chi connectivity index (χ2v) is 4.18. The predicted octanol–water partition coefficient (Wildman–Crippen LogP) is 2.74. The largest absolute Gasteiger partial charge is 0.291 e. The van der Waals surface area contributed by atoms with Crippen molar-refractivity contribution in [2.24, 2.45) is 0 Å². The Kier molecular flexibility index (Phi) is 3.10. The van der Waals surface area contributed by atoms with Crippen LogP contribution in [0, 0.1) is 17.0 Å². The van der Waals surface area contributed by atoms with Crippen LogP contribution in [0.2, 0.25) is 0 Å². The van der Waals surface area contributed by atoms with Crippen LogP contribution in [-0.2, 0) is 0 Å². The Morgan fingerprint density at radius 1 is 1.47 bits per heavy atom. The van der Waals surface area contributed by atoms with E-state index in [2.05, 4.69) is 26.3 Å². The molecule has 0 aliphatic rings. The van der Waals surface area contributed by atoms with Crippen LogP contribution in [0.1, 0.15) is 5.56 Å². The van der Waals surface area contributed by atoms with Crippen molar-refractivity contribution in [2.45, 2.75) is 6.92 Å². The standard InChI is InChI=1S/C10H9BrN4O2/c1-7-8(15(16)17)6-12-10(9(7)11)13-14-4-2-3-5-14/h2-6H,1H3,(H,12,13). The normalized spacial score (nSPS) is 10.2. The summed E-state index contributed by atoms with van der Waals surface area (Å²) in [5.41, 5.74) is 3.53. The molecule has 0 radical (unpaired) electrons. The fourth-order valence-corrected chi connectivity index (χ4v) is 1.76. The van der Waals surface area contributed by atoms with E-state index in [0.29, 0.717) is 15.9 Å². The van der Waals surface area contributed by atoms with Gasteiger partial charge in [-0.05, 0) is 35.0 Å². The van der Waals surface area contributed by atoms with Gasteiger partial charge in [-0.3, -0.25) is 20.2 Å². The molecule has 0 bridgehead atoms. The van der Waals surface area contributed by atoms with Crippen molar-refractivity contribution >= 4 is 27.4 Å². The van der Waals surface area contributed by atoms with Crippen molar-refractivity contribution in [3.05, 3.63) is 50.9 Å². The molecule has 0 atom stereocenters. The van der Waals surface area contributed by atoms with E-state index in [-0.39, 0.29) is 5.69 Å². The van der Waals surface area contributed by atoms with Gasteiger partial charge in [-0.25, -0.2) is 4.98 Å². The number of nitrogens with zero attached hydrogens (tertiary/aromatic N) is 3. The molecule has 0 aliphatic heterocycles. The number of rotatable bonds is 3. The third kappa shape index (κ3) is 2.28. The molecular formula is C10H9BrN4O2. The van der Waals surface area contributed by atoms with Gasteiger partial charge >= 0.3 is 0 Å². The second kappa shape index (κ2) is 4.54. The Bertz CT molecular complexity index is 554. The molecule has 17 heavy (non-hydrogen) atoms. The van der Waals surface area contributed by atoms with Crippen LogP contribution >= 0.6 is 15.9 Å². The maximum Gasteiger partial charge on any atom is 0.291 e. The molecule has 0 saturated heterocycles.